The molecule has 0 unspecified atom stereocenters. The smallest absolute Gasteiger partial charge is 0.0685 e. The third-order valence-corrected chi connectivity index (χ3v) is 5.16. The van der Waals surface area contributed by atoms with Crippen LogP contribution in [0.2, 0.25) is 10.0 Å². The summed E-state index contributed by atoms with van der Waals surface area (Å²) >= 11 is 15.5. The molecule has 79 valence electrons. The van der Waals surface area contributed by atoms with E-state index in [1.54, 1.807) is 22.7 Å². The Labute approximate surface area is 111 Å². The van der Waals surface area contributed by atoms with Gasteiger partial charge < -0.3 is 0 Å². The van der Waals surface area contributed by atoms with Gasteiger partial charge in [-0.1, -0.05) is 29.3 Å². The van der Waals surface area contributed by atoms with Gasteiger partial charge in [-0.15, -0.1) is 22.7 Å². The van der Waals surface area contributed by atoms with Gasteiger partial charge in [0.25, 0.3) is 0 Å². The van der Waals surface area contributed by atoms with Crippen molar-refractivity contribution >= 4 is 56.0 Å². The van der Waals surface area contributed by atoms with Crippen molar-refractivity contribution in [3.63, 3.8) is 0 Å². The summed E-state index contributed by atoms with van der Waals surface area (Å²) in [5.74, 6) is 0. The van der Waals surface area contributed by atoms with E-state index in [2.05, 4.69) is 17.5 Å². The van der Waals surface area contributed by atoms with Gasteiger partial charge in [0.2, 0.25) is 0 Å². The highest BCUT2D eigenvalue weighted by Crippen LogP contribution is 2.40. The molecule has 3 rings (SSSR count). The minimum atomic E-state index is 0.584. The molecule has 0 fully saturated rings. The van der Waals surface area contributed by atoms with Crippen LogP contribution in [0.25, 0.3) is 19.8 Å². The number of thiophene rings is 2. The molecule has 0 aliphatic heterocycles. The van der Waals surface area contributed by atoms with Crippen LogP contribution in [0.5, 0.6) is 0 Å². The van der Waals surface area contributed by atoms with Crippen LogP contribution < -0.4 is 0 Å². The highest BCUT2D eigenvalue weighted by atomic mass is 35.5. The maximum absolute atomic E-state index is 6.15. The van der Waals surface area contributed by atoms with Gasteiger partial charge in [0.1, 0.15) is 0 Å². The Morgan fingerprint density at radius 2 is 2.00 bits per heavy atom. The molecule has 0 saturated carbocycles. The average Bonchev–Trinajstić information content (AvgIpc) is 2.91. The average molecular weight is 284 g/mol. The topological polar surface area (TPSA) is 0 Å². The Balaban J connectivity index is 2.28. The number of halogens is 2. The normalized spacial score (nSPS) is 11.1. The fourth-order valence-electron chi connectivity index (χ4n) is 1.50. The van der Waals surface area contributed by atoms with Crippen molar-refractivity contribution in [3.8, 4) is 9.75 Å². The van der Waals surface area contributed by atoms with E-state index >= 15 is 0 Å². The Bertz CT molecular complexity index is 638. The van der Waals surface area contributed by atoms with Crippen LogP contribution in [0.4, 0.5) is 0 Å². The van der Waals surface area contributed by atoms with Crippen LogP contribution in [-0.2, 0) is 0 Å². The van der Waals surface area contributed by atoms with Gasteiger partial charge >= 0.3 is 0 Å². The molecule has 1 radical (unpaired) electrons. The molecule has 0 N–H and O–H groups in total. The molecule has 1 aromatic carbocycles. The van der Waals surface area contributed by atoms with Crippen molar-refractivity contribution in [1.82, 2.24) is 0 Å². The second-order valence-corrected chi connectivity index (χ2v) is 6.05. The summed E-state index contributed by atoms with van der Waals surface area (Å²) in [7, 11) is 0. The Hall–Kier alpha value is -0.540. The van der Waals surface area contributed by atoms with Crippen LogP contribution in [0.1, 0.15) is 0 Å². The second kappa shape index (κ2) is 4.04. The minimum Gasteiger partial charge on any atom is -0.143 e. The molecule has 3 aromatic rings. The molecule has 2 heterocycles. The summed E-state index contributed by atoms with van der Waals surface area (Å²) in [5, 5.41) is 4.16. The molecule has 0 amide bonds. The summed E-state index contributed by atoms with van der Waals surface area (Å²) < 4.78 is 1.12. The minimum absolute atomic E-state index is 0.584. The van der Waals surface area contributed by atoms with Crippen molar-refractivity contribution in [2.45, 2.75) is 0 Å². The fourth-order valence-corrected chi connectivity index (χ4v) is 3.75. The fraction of sp³-hybridized carbons (Fsp3) is 0. The Morgan fingerprint density at radius 3 is 2.75 bits per heavy atom. The molecule has 0 nitrogen and oxygen atoms in total. The van der Waals surface area contributed by atoms with Gasteiger partial charge in [-0.05, 0) is 23.6 Å². The molecule has 16 heavy (non-hydrogen) atoms. The van der Waals surface area contributed by atoms with Gasteiger partial charge in [0, 0.05) is 21.0 Å². The monoisotopic (exact) mass is 283 g/mol. The van der Waals surface area contributed by atoms with E-state index in [4.69, 9.17) is 23.2 Å². The van der Waals surface area contributed by atoms with Crippen LogP contribution in [-0.4, -0.2) is 0 Å². The first-order valence-corrected chi connectivity index (χ1v) is 7.04. The van der Waals surface area contributed by atoms with E-state index in [9.17, 15) is 0 Å². The van der Waals surface area contributed by atoms with Gasteiger partial charge in [-0.3, -0.25) is 0 Å². The number of benzene rings is 1. The highest BCUT2D eigenvalue weighted by Gasteiger charge is 2.10. The molecule has 0 atom stereocenters. The largest absolute Gasteiger partial charge is 0.143 e. The number of hydrogen-bond acceptors (Lipinski definition) is 2. The van der Waals surface area contributed by atoms with E-state index < -0.39 is 0 Å². The van der Waals surface area contributed by atoms with Crippen molar-refractivity contribution < 1.29 is 0 Å². The summed E-state index contributed by atoms with van der Waals surface area (Å²) in [5.41, 5.74) is 0. The molecule has 0 bridgehead atoms. The van der Waals surface area contributed by atoms with E-state index in [-0.39, 0.29) is 0 Å². The quantitative estimate of drug-likeness (QED) is 0.534. The first-order chi connectivity index (χ1) is 7.75. The summed E-state index contributed by atoms with van der Waals surface area (Å²) in [6.45, 7) is 0. The van der Waals surface area contributed by atoms with E-state index in [0.717, 1.165) is 15.0 Å². The van der Waals surface area contributed by atoms with Crippen molar-refractivity contribution in [3.05, 3.63) is 45.8 Å². The van der Waals surface area contributed by atoms with Gasteiger partial charge in [-0.2, -0.15) is 0 Å². The van der Waals surface area contributed by atoms with E-state index in [1.165, 1.54) is 4.88 Å². The van der Waals surface area contributed by atoms with E-state index in [1.807, 2.05) is 18.2 Å². The lowest BCUT2D eigenvalue weighted by molar-refractivity contribution is 1.83. The third kappa shape index (κ3) is 1.66. The SMILES string of the molecule is Clc1ccc2sc(-c3cccs3)[c]c2c1Cl. The maximum Gasteiger partial charge on any atom is 0.0685 e. The molecule has 0 aliphatic rings. The van der Waals surface area contributed by atoms with Crippen LogP contribution in [0, 0.1) is 6.07 Å². The first kappa shape index (κ1) is 10.6. The highest BCUT2D eigenvalue weighted by molar-refractivity contribution is 7.25. The second-order valence-electron chi connectivity index (χ2n) is 3.27. The molecule has 2 aromatic heterocycles. The molecule has 0 saturated heterocycles. The van der Waals surface area contributed by atoms with E-state index in [0.29, 0.717) is 10.0 Å². The number of fused-ring (bicyclic) bond motifs is 1. The summed E-state index contributed by atoms with van der Waals surface area (Å²) in [4.78, 5) is 2.34. The summed E-state index contributed by atoms with van der Waals surface area (Å²) in [6.07, 6.45) is 0. The zero-order valence-electron chi connectivity index (χ0n) is 7.96. The maximum atomic E-state index is 6.15. The zero-order valence-corrected chi connectivity index (χ0v) is 11.1. The lowest BCUT2D eigenvalue weighted by atomic mass is 10.2. The molecular formula is C12H5Cl2S2. The van der Waals surface area contributed by atoms with Crippen molar-refractivity contribution in [2.75, 3.05) is 0 Å². The Morgan fingerprint density at radius 1 is 1.12 bits per heavy atom. The first-order valence-electron chi connectivity index (χ1n) is 4.59. The lowest BCUT2D eigenvalue weighted by Crippen LogP contribution is -1.68. The Kier molecular flexibility index (Phi) is 2.68. The zero-order chi connectivity index (χ0) is 11.1. The standard InChI is InChI=1S/C12H5Cl2S2/c13-8-3-4-9-7(12(8)14)6-11(16-9)10-2-1-5-15-10/h1-5H. The summed E-state index contributed by atoms with van der Waals surface area (Å²) in [6, 6.07) is 11.3. The van der Waals surface area contributed by atoms with Crippen LogP contribution in [0.15, 0.2) is 29.6 Å². The number of rotatable bonds is 1. The van der Waals surface area contributed by atoms with Crippen LogP contribution >= 0.6 is 45.9 Å². The predicted molar refractivity (Wildman–Crippen MR) is 74.0 cm³/mol. The van der Waals surface area contributed by atoms with Gasteiger partial charge in [-0.25, -0.2) is 0 Å². The number of hydrogen-bond donors (Lipinski definition) is 0. The van der Waals surface area contributed by atoms with Gasteiger partial charge in [0.15, 0.2) is 0 Å². The van der Waals surface area contributed by atoms with Crippen molar-refractivity contribution in [2.24, 2.45) is 0 Å². The van der Waals surface area contributed by atoms with Crippen LogP contribution in [0.3, 0.4) is 0 Å². The predicted octanol–water partition coefficient (Wildman–Crippen LogP) is 5.74. The molecular weight excluding hydrogens is 279 g/mol. The lowest BCUT2D eigenvalue weighted by Gasteiger charge is -1.94. The molecule has 4 heteroatoms. The molecule has 0 aliphatic carbocycles. The van der Waals surface area contributed by atoms with Gasteiger partial charge in [0.05, 0.1) is 14.9 Å². The molecule has 0 spiro atoms. The third-order valence-electron chi connectivity index (χ3n) is 2.25. The van der Waals surface area contributed by atoms with Crippen molar-refractivity contribution in [1.29, 1.82) is 0 Å².